The molecule has 0 amide bonds. The number of furan rings is 1. The van der Waals surface area contributed by atoms with Crippen LogP contribution in [0.5, 0.6) is 11.5 Å². The van der Waals surface area contributed by atoms with Gasteiger partial charge in [-0.2, -0.15) is 4.98 Å². The SMILES string of the molecule is CCOC(=O)c1c(C)oc2nc(C)nc(N3CCN(Cc4ccc5c(c4)OCO5)CC3)c12. The lowest BCUT2D eigenvalue weighted by Gasteiger charge is -2.35. The monoisotopic (exact) mass is 438 g/mol. The average molecular weight is 438 g/mol. The smallest absolute Gasteiger partial charge is 0.342 e. The van der Waals surface area contributed by atoms with Crippen molar-refractivity contribution in [3.8, 4) is 11.5 Å². The Labute approximate surface area is 185 Å². The third-order valence-electron chi connectivity index (χ3n) is 5.81. The molecule has 168 valence electrons. The second-order valence-corrected chi connectivity index (χ2v) is 7.98. The first-order chi connectivity index (χ1) is 15.5. The van der Waals surface area contributed by atoms with Gasteiger partial charge in [0.05, 0.1) is 12.0 Å². The molecule has 0 aliphatic carbocycles. The minimum Gasteiger partial charge on any atom is -0.462 e. The average Bonchev–Trinajstić information content (AvgIpc) is 3.37. The third kappa shape index (κ3) is 3.73. The summed E-state index contributed by atoms with van der Waals surface area (Å²) in [6.07, 6.45) is 0. The topological polar surface area (TPSA) is 90.2 Å². The number of benzene rings is 1. The molecule has 1 aromatic carbocycles. The molecule has 0 saturated carbocycles. The van der Waals surface area contributed by atoms with Gasteiger partial charge in [0, 0.05) is 32.7 Å². The van der Waals surface area contributed by atoms with E-state index in [0.29, 0.717) is 34.9 Å². The summed E-state index contributed by atoms with van der Waals surface area (Å²) in [4.78, 5) is 26.3. The lowest BCUT2D eigenvalue weighted by atomic mass is 10.1. The van der Waals surface area contributed by atoms with Gasteiger partial charge in [0.15, 0.2) is 11.5 Å². The number of carbonyl (C=O) groups excluding carboxylic acids is 1. The summed E-state index contributed by atoms with van der Waals surface area (Å²) in [5, 5.41) is 0.635. The predicted molar refractivity (Wildman–Crippen MR) is 117 cm³/mol. The van der Waals surface area contributed by atoms with Crippen LogP contribution in [0.3, 0.4) is 0 Å². The van der Waals surface area contributed by atoms with Crippen LogP contribution >= 0.6 is 0 Å². The van der Waals surface area contributed by atoms with Crippen LogP contribution in [0.1, 0.15) is 34.4 Å². The lowest BCUT2D eigenvalue weighted by molar-refractivity contribution is 0.0526. The van der Waals surface area contributed by atoms with Gasteiger partial charge in [0.25, 0.3) is 0 Å². The Balaban J connectivity index is 1.36. The number of hydrogen-bond acceptors (Lipinski definition) is 9. The number of nitrogens with zero attached hydrogens (tertiary/aromatic N) is 4. The Bertz CT molecular complexity index is 1170. The molecule has 3 aromatic rings. The number of rotatable bonds is 5. The van der Waals surface area contributed by atoms with Crippen molar-refractivity contribution in [2.24, 2.45) is 0 Å². The van der Waals surface area contributed by atoms with E-state index in [1.165, 1.54) is 5.56 Å². The number of anilines is 1. The summed E-state index contributed by atoms with van der Waals surface area (Å²) in [5.74, 6) is 3.05. The maximum Gasteiger partial charge on any atom is 0.342 e. The van der Waals surface area contributed by atoms with E-state index in [0.717, 1.165) is 50.0 Å². The zero-order chi connectivity index (χ0) is 22.2. The molecule has 2 aliphatic heterocycles. The highest BCUT2D eigenvalue weighted by atomic mass is 16.7. The van der Waals surface area contributed by atoms with E-state index >= 15 is 0 Å². The molecule has 0 unspecified atom stereocenters. The molecule has 4 heterocycles. The molecule has 1 saturated heterocycles. The van der Waals surface area contributed by atoms with Crippen molar-refractivity contribution in [1.29, 1.82) is 0 Å². The van der Waals surface area contributed by atoms with Crippen LogP contribution in [0.25, 0.3) is 11.1 Å². The van der Waals surface area contributed by atoms with Crippen molar-refractivity contribution in [3.05, 3.63) is 40.9 Å². The lowest BCUT2D eigenvalue weighted by Crippen LogP contribution is -2.46. The van der Waals surface area contributed by atoms with Crippen LogP contribution in [0, 0.1) is 13.8 Å². The van der Waals surface area contributed by atoms with Gasteiger partial charge in [-0.25, -0.2) is 9.78 Å². The van der Waals surface area contributed by atoms with Gasteiger partial charge < -0.3 is 23.5 Å². The fourth-order valence-corrected chi connectivity index (χ4v) is 4.29. The zero-order valence-electron chi connectivity index (χ0n) is 18.5. The van der Waals surface area contributed by atoms with Crippen molar-refractivity contribution >= 4 is 22.9 Å². The Morgan fingerprint density at radius 1 is 1.09 bits per heavy atom. The summed E-state index contributed by atoms with van der Waals surface area (Å²) in [7, 11) is 0. The molecule has 2 aliphatic rings. The van der Waals surface area contributed by atoms with E-state index < -0.39 is 5.97 Å². The van der Waals surface area contributed by atoms with Crippen LogP contribution in [-0.2, 0) is 11.3 Å². The number of ether oxygens (including phenoxy) is 3. The van der Waals surface area contributed by atoms with E-state index in [9.17, 15) is 4.79 Å². The van der Waals surface area contributed by atoms with E-state index in [1.807, 2.05) is 19.1 Å². The quantitative estimate of drug-likeness (QED) is 0.558. The number of aryl methyl sites for hydroxylation is 2. The van der Waals surface area contributed by atoms with Gasteiger partial charge in [0.1, 0.15) is 23.0 Å². The number of aromatic nitrogens is 2. The molecule has 0 N–H and O–H groups in total. The molecule has 1 fully saturated rings. The highest BCUT2D eigenvalue weighted by Crippen LogP contribution is 2.34. The number of hydrogen-bond donors (Lipinski definition) is 0. The molecule has 32 heavy (non-hydrogen) atoms. The van der Waals surface area contributed by atoms with Crippen LogP contribution in [0.2, 0.25) is 0 Å². The number of piperazine rings is 1. The first-order valence-corrected chi connectivity index (χ1v) is 10.8. The molecule has 0 radical (unpaired) electrons. The molecule has 2 aromatic heterocycles. The second-order valence-electron chi connectivity index (χ2n) is 7.98. The van der Waals surface area contributed by atoms with Crippen molar-refractivity contribution in [1.82, 2.24) is 14.9 Å². The second kappa shape index (κ2) is 8.31. The van der Waals surface area contributed by atoms with E-state index in [4.69, 9.17) is 18.6 Å². The van der Waals surface area contributed by atoms with Crippen molar-refractivity contribution < 1.29 is 23.4 Å². The molecule has 9 nitrogen and oxygen atoms in total. The van der Waals surface area contributed by atoms with Gasteiger partial charge in [0.2, 0.25) is 12.5 Å². The first-order valence-electron chi connectivity index (χ1n) is 10.8. The zero-order valence-corrected chi connectivity index (χ0v) is 18.5. The van der Waals surface area contributed by atoms with Crippen LogP contribution < -0.4 is 14.4 Å². The summed E-state index contributed by atoms with van der Waals surface area (Å²) >= 11 is 0. The molecule has 0 bridgehead atoms. The molecular weight excluding hydrogens is 412 g/mol. The Hall–Kier alpha value is -3.33. The standard InChI is InChI=1S/C23H26N4O5/c1-4-29-23(28)19-14(2)32-22-20(19)21(24-15(3)25-22)27-9-7-26(8-10-27)12-16-5-6-17-18(11-16)31-13-30-17/h5-6,11H,4,7-10,12-13H2,1-3H3. The Kier molecular flexibility index (Phi) is 5.34. The van der Waals surface area contributed by atoms with Gasteiger partial charge >= 0.3 is 5.97 Å². The van der Waals surface area contributed by atoms with Crippen molar-refractivity contribution in [2.45, 2.75) is 27.3 Å². The van der Waals surface area contributed by atoms with E-state index in [-0.39, 0.29) is 6.79 Å². The van der Waals surface area contributed by atoms with Gasteiger partial charge in [-0.3, -0.25) is 4.90 Å². The normalized spacial score (nSPS) is 16.0. The number of esters is 1. The van der Waals surface area contributed by atoms with Crippen LogP contribution in [0.4, 0.5) is 5.82 Å². The number of carbonyl (C=O) groups is 1. The molecular formula is C23H26N4O5. The minimum atomic E-state index is -0.404. The first kappa shape index (κ1) is 20.6. The third-order valence-corrected chi connectivity index (χ3v) is 5.81. The predicted octanol–water partition coefficient (Wildman–Crippen LogP) is 3.07. The highest BCUT2D eigenvalue weighted by Gasteiger charge is 2.28. The number of fused-ring (bicyclic) bond motifs is 2. The maximum atomic E-state index is 12.6. The molecule has 0 spiro atoms. The van der Waals surface area contributed by atoms with Crippen molar-refractivity contribution in [2.75, 3.05) is 44.5 Å². The summed E-state index contributed by atoms with van der Waals surface area (Å²) in [6.45, 7) is 10.1. The molecule has 9 heteroatoms. The van der Waals surface area contributed by atoms with Gasteiger partial charge in [-0.05, 0) is 38.5 Å². The summed E-state index contributed by atoms with van der Waals surface area (Å²) in [5.41, 5.74) is 2.04. The fourth-order valence-electron chi connectivity index (χ4n) is 4.29. The largest absolute Gasteiger partial charge is 0.462 e. The summed E-state index contributed by atoms with van der Waals surface area (Å²) in [6, 6.07) is 6.09. The van der Waals surface area contributed by atoms with E-state index in [1.54, 1.807) is 13.8 Å². The van der Waals surface area contributed by atoms with Crippen LogP contribution in [-0.4, -0.2) is 60.4 Å². The highest BCUT2D eigenvalue weighted by molar-refractivity contribution is 6.08. The Morgan fingerprint density at radius 2 is 1.88 bits per heavy atom. The summed E-state index contributed by atoms with van der Waals surface area (Å²) < 4.78 is 22.0. The van der Waals surface area contributed by atoms with Gasteiger partial charge in [-0.15, -0.1) is 0 Å². The van der Waals surface area contributed by atoms with E-state index in [2.05, 4.69) is 25.8 Å². The fraction of sp³-hybridized carbons (Fsp3) is 0.435. The van der Waals surface area contributed by atoms with Gasteiger partial charge in [-0.1, -0.05) is 6.07 Å². The Morgan fingerprint density at radius 3 is 2.66 bits per heavy atom. The minimum absolute atomic E-state index is 0.283. The maximum absolute atomic E-state index is 12.6. The molecule has 0 atom stereocenters. The van der Waals surface area contributed by atoms with Crippen LogP contribution in [0.15, 0.2) is 22.6 Å². The van der Waals surface area contributed by atoms with Crippen molar-refractivity contribution in [3.63, 3.8) is 0 Å². The molecule has 5 rings (SSSR count).